The van der Waals surface area contributed by atoms with Crippen LogP contribution in [0.5, 0.6) is 0 Å². The van der Waals surface area contributed by atoms with E-state index in [-0.39, 0.29) is 17.5 Å². The smallest absolute Gasteiger partial charge is 0.277 e. The molecule has 0 unspecified atom stereocenters. The summed E-state index contributed by atoms with van der Waals surface area (Å²) < 4.78 is 1.33. The second-order valence-corrected chi connectivity index (χ2v) is 8.38. The Morgan fingerprint density at radius 3 is 2.46 bits per heavy atom. The van der Waals surface area contributed by atoms with Crippen LogP contribution in [-0.2, 0) is 7.05 Å². The van der Waals surface area contributed by atoms with E-state index >= 15 is 0 Å². The zero-order valence-electron chi connectivity index (χ0n) is 16.0. The number of carbonyl (C=O) groups excluding carboxylic acids is 1. The van der Waals surface area contributed by atoms with Gasteiger partial charge in [0.2, 0.25) is 0 Å². The molecule has 0 atom stereocenters. The van der Waals surface area contributed by atoms with Gasteiger partial charge in [-0.15, -0.1) is 11.3 Å². The van der Waals surface area contributed by atoms with Crippen LogP contribution in [-0.4, -0.2) is 26.7 Å². The van der Waals surface area contributed by atoms with E-state index in [0.29, 0.717) is 21.1 Å². The first kappa shape index (κ1) is 18.8. The Morgan fingerprint density at radius 2 is 1.81 bits per heavy atom. The van der Waals surface area contributed by atoms with E-state index in [1.165, 1.54) is 16.0 Å². The Labute approximate surface area is 157 Å². The van der Waals surface area contributed by atoms with Crippen molar-refractivity contribution < 1.29 is 4.79 Å². The molecule has 26 heavy (non-hydrogen) atoms. The third-order valence-electron chi connectivity index (χ3n) is 5.29. The van der Waals surface area contributed by atoms with Gasteiger partial charge < -0.3 is 5.32 Å². The highest BCUT2D eigenvalue weighted by Gasteiger charge is 2.24. The molecule has 3 rings (SSSR count). The van der Waals surface area contributed by atoms with Gasteiger partial charge in [-0.05, 0) is 57.9 Å². The number of aromatic nitrogens is 3. The molecule has 1 amide bonds. The second-order valence-electron chi connectivity index (χ2n) is 7.38. The molecule has 1 fully saturated rings. The van der Waals surface area contributed by atoms with E-state index < -0.39 is 0 Å². The van der Waals surface area contributed by atoms with Crippen molar-refractivity contribution in [3.63, 3.8) is 0 Å². The first-order valence-electron chi connectivity index (χ1n) is 9.11. The SMILES string of the molecule is Cc1nc(-c2c(C)c(C)nn(C)c2=O)sc1C(=O)NC1CCC(C)CC1. The molecular weight excluding hydrogens is 348 g/mol. The van der Waals surface area contributed by atoms with Gasteiger partial charge in [0.15, 0.2) is 0 Å². The maximum Gasteiger partial charge on any atom is 0.277 e. The van der Waals surface area contributed by atoms with Crippen LogP contribution in [0.1, 0.15) is 59.2 Å². The van der Waals surface area contributed by atoms with Crippen molar-refractivity contribution in [2.75, 3.05) is 0 Å². The lowest BCUT2D eigenvalue weighted by Gasteiger charge is -2.26. The summed E-state index contributed by atoms with van der Waals surface area (Å²) in [7, 11) is 1.64. The number of aryl methyl sites for hydroxylation is 3. The van der Waals surface area contributed by atoms with E-state index in [1.807, 2.05) is 20.8 Å². The topological polar surface area (TPSA) is 76.9 Å². The number of thiazole rings is 1. The van der Waals surface area contributed by atoms with Crippen LogP contribution in [0.25, 0.3) is 10.6 Å². The van der Waals surface area contributed by atoms with Crippen molar-refractivity contribution in [3.05, 3.63) is 32.2 Å². The summed E-state index contributed by atoms with van der Waals surface area (Å²) in [5, 5.41) is 7.95. The van der Waals surface area contributed by atoms with Gasteiger partial charge in [-0.2, -0.15) is 5.10 Å². The van der Waals surface area contributed by atoms with E-state index in [1.54, 1.807) is 7.05 Å². The zero-order valence-corrected chi connectivity index (χ0v) is 16.9. The molecule has 2 aromatic heterocycles. The number of carbonyl (C=O) groups is 1. The minimum atomic E-state index is -0.185. The molecular formula is C19H26N4O2S. The zero-order chi connectivity index (χ0) is 19.0. The van der Waals surface area contributed by atoms with E-state index in [2.05, 4.69) is 22.3 Å². The fourth-order valence-corrected chi connectivity index (χ4v) is 4.53. The number of hydrogen-bond donors (Lipinski definition) is 1. The molecule has 0 bridgehead atoms. The first-order chi connectivity index (χ1) is 12.3. The summed E-state index contributed by atoms with van der Waals surface area (Å²) in [4.78, 5) is 30.4. The predicted octanol–water partition coefficient (Wildman–Crippen LogP) is 3.14. The van der Waals surface area contributed by atoms with Gasteiger partial charge in [-0.25, -0.2) is 9.67 Å². The minimum absolute atomic E-state index is 0.0777. The monoisotopic (exact) mass is 374 g/mol. The summed E-state index contributed by atoms with van der Waals surface area (Å²) >= 11 is 1.29. The minimum Gasteiger partial charge on any atom is -0.349 e. The molecule has 0 radical (unpaired) electrons. The molecule has 6 nitrogen and oxygen atoms in total. The van der Waals surface area contributed by atoms with Crippen LogP contribution >= 0.6 is 11.3 Å². The van der Waals surface area contributed by atoms with Gasteiger partial charge in [0, 0.05) is 13.1 Å². The fourth-order valence-electron chi connectivity index (χ4n) is 3.47. The first-order valence-corrected chi connectivity index (χ1v) is 9.92. The molecule has 1 saturated carbocycles. The van der Waals surface area contributed by atoms with Crippen molar-refractivity contribution in [1.29, 1.82) is 0 Å². The molecule has 2 aromatic rings. The van der Waals surface area contributed by atoms with E-state index in [4.69, 9.17) is 0 Å². The molecule has 2 heterocycles. The Bertz CT molecular complexity index is 892. The molecule has 0 aromatic carbocycles. The summed E-state index contributed by atoms with van der Waals surface area (Å²) in [6.45, 7) is 7.83. The van der Waals surface area contributed by atoms with Crippen LogP contribution in [0, 0.1) is 26.7 Å². The molecule has 0 spiro atoms. The van der Waals surface area contributed by atoms with Crippen LogP contribution in [0.4, 0.5) is 0 Å². The highest BCUT2D eigenvalue weighted by molar-refractivity contribution is 7.17. The lowest BCUT2D eigenvalue weighted by Crippen LogP contribution is -2.37. The van der Waals surface area contributed by atoms with E-state index in [9.17, 15) is 9.59 Å². The van der Waals surface area contributed by atoms with Crippen molar-refractivity contribution in [3.8, 4) is 10.6 Å². The van der Waals surface area contributed by atoms with Gasteiger partial charge in [0.05, 0.1) is 17.0 Å². The fraction of sp³-hybridized carbons (Fsp3) is 0.579. The predicted molar refractivity (Wildman–Crippen MR) is 104 cm³/mol. The van der Waals surface area contributed by atoms with Crippen molar-refractivity contribution in [1.82, 2.24) is 20.1 Å². The van der Waals surface area contributed by atoms with Crippen LogP contribution in [0.3, 0.4) is 0 Å². The number of hydrogen-bond acceptors (Lipinski definition) is 5. The Hall–Kier alpha value is -2.02. The molecule has 1 N–H and O–H groups in total. The largest absolute Gasteiger partial charge is 0.349 e. The summed E-state index contributed by atoms with van der Waals surface area (Å²) in [5.41, 5.74) is 2.63. The summed E-state index contributed by atoms with van der Waals surface area (Å²) in [6, 6.07) is 0.237. The molecule has 0 aliphatic heterocycles. The van der Waals surface area contributed by atoms with Crippen LogP contribution < -0.4 is 10.9 Å². The average molecular weight is 375 g/mol. The van der Waals surface area contributed by atoms with Crippen LogP contribution in [0.15, 0.2) is 4.79 Å². The van der Waals surface area contributed by atoms with Gasteiger partial charge in [0.1, 0.15) is 9.88 Å². The normalized spacial score (nSPS) is 20.2. The molecule has 1 aliphatic rings. The summed E-state index contributed by atoms with van der Waals surface area (Å²) in [5.74, 6) is 0.667. The molecule has 7 heteroatoms. The molecule has 0 saturated heterocycles. The van der Waals surface area contributed by atoms with Crippen LogP contribution in [0.2, 0.25) is 0 Å². The molecule has 1 aliphatic carbocycles. The number of rotatable bonds is 3. The Kier molecular flexibility index (Phi) is 5.27. The van der Waals surface area contributed by atoms with E-state index in [0.717, 1.165) is 42.9 Å². The quantitative estimate of drug-likeness (QED) is 0.895. The van der Waals surface area contributed by atoms with Gasteiger partial charge in [-0.1, -0.05) is 6.92 Å². The van der Waals surface area contributed by atoms with Gasteiger partial charge >= 0.3 is 0 Å². The lowest BCUT2D eigenvalue weighted by molar-refractivity contribution is 0.0926. The second kappa shape index (κ2) is 7.31. The number of amides is 1. The maximum atomic E-state index is 12.7. The Morgan fingerprint density at radius 1 is 1.15 bits per heavy atom. The summed E-state index contributed by atoms with van der Waals surface area (Å²) in [6.07, 6.45) is 4.37. The third-order valence-corrected chi connectivity index (χ3v) is 6.47. The highest BCUT2D eigenvalue weighted by Crippen LogP contribution is 2.29. The van der Waals surface area contributed by atoms with Crippen molar-refractivity contribution >= 4 is 17.2 Å². The lowest BCUT2D eigenvalue weighted by atomic mass is 9.87. The number of nitrogens with zero attached hydrogens (tertiary/aromatic N) is 3. The highest BCUT2D eigenvalue weighted by atomic mass is 32.1. The van der Waals surface area contributed by atoms with Gasteiger partial charge in [0.25, 0.3) is 11.5 Å². The van der Waals surface area contributed by atoms with Crippen molar-refractivity contribution in [2.24, 2.45) is 13.0 Å². The third kappa shape index (κ3) is 3.58. The number of nitrogens with one attached hydrogen (secondary N) is 1. The van der Waals surface area contributed by atoms with Crippen molar-refractivity contribution in [2.45, 2.75) is 59.4 Å². The Balaban J connectivity index is 1.88. The average Bonchev–Trinajstić information content (AvgIpc) is 2.97. The van der Waals surface area contributed by atoms with Gasteiger partial charge in [-0.3, -0.25) is 9.59 Å². The standard InChI is InChI=1S/C19H26N4O2S/c1-10-6-8-14(9-7-10)21-17(24)16-13(4)20-18(26-16)15-11(2)12(3)22-23(5)19(15)25/h10,14H,6-9H2,1-5H3,(H,21,24). The molecule has 140 valence electrons. The maximum absolute atomic E-state index is 12.7.